The van der Waals surface area contributed by atoms with Gasteiger partial charge >= 0.3 is 0 Å². The predicted molar refractivity (Wildman–Crippen MR) is 52.6 cm³/mol. The molecule has 1 N–H and O–H groups in total. The summed E-state index contributed by atoms with van der Waals surface area (Å²) >= 11 is 0. The topological polar surface area (TPSA) is 39.1 Å². The molecule has 1 unspecified atom stereocenters. The van der Waals surface area contributed by atoms with Gasteiger partial charge in [-0.15, -0.1) is 6.42 Å². The normalized spacial score (nSPS) is 21.8. The van der Waals surface area contributed by atoms with Crippen LogP contribution in [0.4, 0.5) is 0 Å². The van der Waals surface area contributed by atoms with Gasteiger partial charge in [-0.1, -0.05) is 5.92 Å². The Kier molecular flexibility index (Phi) is 2.82. The van der Waals surface area contributed by atoms with Crippen molar-refractivity contribution < 1.29 is 4.74 Å². The fraction of sp³-hybridized carbons (Fsp3) is 0.500. The van der Waals surface area contributed by atoms with E-state index in [0.717, 1.165) is 25.4 Å². The van der Waals surface area contributed by atoms with Crippen LogP contribution in [-0.4, -0.2) is 29.2 Å². The van der Waals surface area contributed by atoms with Gasteiger partial charge in [0.15, 0.2) is 0 Å². The summed E-state index contributed by atoms with van der Waals surface area (Å²) in [5.74, 6) is 2.60. The Morgan fingerprint density at radius 3 is 3.43 bits per heavy atom. The van der Waals surface area contributed by atoms with Crippen molar-refractivity contribution in [3.8, 4) is 12.3 Å². The number of hydrogen-bond acceptors (Lipinski definition) is 3. The molecule has 1 aliphatic heterocycles. The number of aromatic nitrogens is 2. The summed E-state index contributed by atoms with van der Waals surface area (Å²) in [5, 5.41) is 3.27. The Bertz CT molecular complexity index is 333. The molecule has 0 aromatic carbocycles. The average molecular weight is 191 g/mol. The highest BCUT2D eigenvalue weighted by Gasteiger charge is 2.18. The van der Waals surface area contributed by atoms with E-state index in [1.54, 1.807) is 6.33 Å². The predicted octanol–water partition coefficient (Wildman–Crippen LogP) is 0.177. The lowest BCUT2D eigenvalue weighted by Crippen LogP contribution is -2.34. The second-order valence-corrected chi connectivity index (χ2v) is 3.21. The fourth-order valence-electron chi connectivity index (χ4n) is 1.58. The summed E-state index contributed by atoms with van der Waals surface area (Å²) in [4.78, 5) is 4.08. The van der Waals surface area contributed by atoms with Gasteiger partial charge in [-0.25, -0.2) is 4.98 Å². The standard InChI is InChI=1S/C10H13N3O/c1-2-4-13-8-12-6-9(13)10-7-11-3-5-14-10/h1,6,8,10-11H,3-5,7H2. The molecule has 2 rings (SSSR count). The maximum absolute atomic E-state index is 5.62. The van der Waals surface area contributed by atoms with Gasteiger partial charge in [-0.3, -0.25) is 0 Å². The van der Waals surface area contributed by atoms with Gasteiger partial charge < -0.3 is 14.6 Å². The number of imidazole rings is 1. The molecule has 14 heavy (non-hydrogen) atoms. The van der Waals surface area contributed by atoms with Crippen molar-refractivity contribution in [1.82, 2.24) is 14.9 Å². The minimum atomic E-state index is 0.0830. The molecule has 0 spiro atoms. The molecule has 1 saturated heterocycles. The van der Waals surface area contributed by atoms with E-state index in [-0.39, 0.29) is 6.10 Å². The van der Waals surface area contributed by atoms with E-state index in [2.05, 4.69) is 16.2 Å². The van der Waals surface area contributed by atoms with Crippen LogP contribution in [0.25, 0.3) is 0 Å². The van der Waals surface area contributed by atoms with E-state index in [9.17, 15) is 0 Å². The monoisotopic (exact) mass is 191 g/mol. The van der Waals surface area contributed by atoms with Crippen molar-refractivity contribution in [2.24, 2.45) is 0 Å². The molecule has 0 bridgehead atoms. The van der Waals surface area contributed by atoms with Crippen LogP contribution in [0.1, 0.15) is 11.8 Å². The fourth-order valence-corrected chi connectivity index (χ4v) is 1.58. The lowest BCUT2D eigenvalue weighted by Gasteiger charge is -2.24. The van der Waals surface area contributed by atoms with Gasteiger partial charge in [0.1, 0.15) is 6.10 Å². The molecule has 0 amide bonds. The Balaban J connectivity index is 2.13. The maximum Gasteiger partial charge on any atom is 0.111 e. The Morgan fingerprint density at radius 1 is 1.79 bits per heavy atom. The molecule has 0 aliphatic carbocycles. The van der Waals surface area contributed by atoms with E-state index in [0.29, 0.717) is 6.54 Å². The lowest BCUT2D eigenvalue weighted by atomic mass is 10.2. The van der Waals surface area contributed by atoms with Gasteiger partial charge in [-0.05, 0) is 0 Å². The summed E-state index contributed by atoms with van der Waals surface area (Å²) in [6.07, 6.45) is 8.90. The molecule has 1 aliphatic rings. The van der Waals surface area contributed by atoms with E-state index < -0.39 is 0 Å². The van der Waals surface area contributed by atoms with Crippen LogP contribution < -0.4 is 5.32 Å². The summed E-state index contributed by atoms with van der Waals surface area (Å²) in [7, 11) is 0. The molecule has 74 valence electrons. The van der Waals surface area contributed by atoms with Crippen molar-refractivity contribution in [3.05, 3.63) is 18.2 Å². The third kappa shape index (κ3) is 1.79. The highest BCUT2D eigenvalue weighted by Crippen LogP contribution is 2.17. The molecule has 2 heterocycles. The van der Waals surface area contributed by atoms with E-state index in [1.807, 2.05) is 10.8 Å². The number of hydrogen-bond donors (Lipinski definition) is 1. The van der Waals surface area contributed by atoms with Crippen LogP contribution in [0, 0.1) is 12.3 Å². The van der Waals surface area contributed by atoms with Crippen molar-refractivity contribution >= 4 is 0 Å². The molecule has 1 atom stereocenters. The van der Waals surface area contributed by atoms with Gasteiger partial charge in [0, 0.05) is 13.1 Å². The average Bonchev–Trinajstić information content (AvgIpc) is 2.68. The summed E-state index contributed by atoms with van der Waals surface area (Å²) in [5.41, 5.74) is 1.05. The SMILES string of the molecule is C#CCn1cncc1C1CNCCO1. The van der Waals surface area contributed by atoms with E-state index >= 15 is 0 Å². The van der Waals surface area contributed by atoms with Crippen molar-refractivity contribution in [1.29, 1.82) is 0 Å². The van der Waals surface area contributed by atoms with Gasteiger partial charge in [0.05, 0.1) is 31.4 Å². The van der Waals surface area contributed by atoms with Crippen LogP contribution in [0.15, 0.2) is 12.5 Å². The molecule has 1 aromatic heterocycles. The number of nitrogens with zero attached hydrogens (tertiary/aromatic N) is 2. The zero-order valence-corrected chi connectivity index (χ0v) is 7.94. The highest BCUT2D eigenvalue weighted by molar-refractivity contribution is 5.06. The van der Waals surface area contributed by atoms with Crippen LogP contribution in [0.3, 0.4) is 0 Å². The molecule has 4 heteroatoms. The first-order valence-electron chi connectivity index (χ1n) is 4.67. The number of rotatable bonds is 2. The molecular formula is C10H13N3O. The van der Waals surface area contributed by atoms with Crippen LogP contribution >= 0.6 is 0 Å². The minimum Gasteiger partial charge on any atom is -0.369 e. The first kappa shape index (κ1) is 9.25. The molecular weight excluding hydrogens is 178 g/mol. The first-order chi connectivity index (χ1) is 6.92. The number of ether oxygens (including phenoxy) is 1. The first-order valence-corrected chi connectivity index (χ1v) is 4.67. The van der Waals surface area contributed by atoms with Crippen molar-refractivity contribution in [3.63, 3.8) is 0 Å². The van der Waals surface area contributed by atoms with Crippen molar-refractivity contribution in [2.45, 2.75) is 12.6 Å². The lowest BCUT2D eigenvalue weighted by molar-refractivity contribution is 0.0231. The van der Waals surface area contributed by atoms with Crippen molar-refractivity contribution in [2.75, 3.05) is 19.7 Å². The van der Waals surface area contributed by atoms with Gasteiger partial charge in [0.2, 0.25) is 0 Å². The second kappa shape index (κ2) is 4.27. The minimum absolute atomic E-state index is 0.0830. The quantitative estimate of drug-likeness (QED) is 0.678. The molecule has 0 radical (unpaired) electrons. The molecule has 0 saturated carbocycles. The van der Waals surface area contributed by atoms with E-state index in [1.165, 1.54) is 0 Å². The molecule has 4 nitrogen and oxygen atoms in total. The highest BCUT2D eigenvalue weighted by atomic mass is 16.5. The zero-order chi connectivity index (χ0) is 9.80. The summed E-state index contributed by atoms with van der Waals surface area (Å²) < 4.78 is 7.56. The second-order valence-electron chi connectivity index (χ2n) is 3.21. The van der Waals surface area contributed by atoms with Gasteiger partial charge in [-0.2, -0.15) is 0 Å². The number of terminal acetylenes is 1. The molecule has 1 aromatic rings. The van der Waals surface area contributed by atoms with Gasteiger partial charge in [0.25, 0.3) is 0 Å². The Morgan fingerprint density at radius 2 is 2.71 bits per heavy atom. The number of morpholine rings is 1. The largest absolute Gasteiger partial charge is 0.369 e. The molecule has 1 fully saturated rings. The summed E-state index contributed by atoms with van der Waals surface area (Å²) in [6, 6.07) is 0. The number of nitrogens with one attached hydrogen (secondary N) is 1. The Labute approximate surface area is 83.3 Å². The zero-order valence-electron chi connectivity index (χ0n) is 7.94. The Hall–Kier alpha value is -1.31. The third-order valence-electron chi connectivity index (χ3n) is 2.26. The maximum atomic E-state index is 5.62. The third-order valence-corrected chi connectivity index (χ3v) is 2.26. The summed E-state index contributed by atoms with van der Waals surface area (Å²) in [6.45, 7) is 3.04. The van der Waals surface area contributed by atoms with E-state index in [4.69, 9.17) is 11.2 Å². The van der Waals surface area contributed by atoms with Crippen LogP contribution in [-0.2, 0) is 11.3 Å². The van der Waals surface area contributed by atoms with Crippen LogP contribution in [0.2, 0.25) is 0 Å². The van der Waals surface area contributed by atoms with Crippen LogP contribution in [0.5, 0.6) is 0 Å². The smallest absolute Gasteiger partial charge is 0.111 e.